The Labute approximate surface area is 136 Å². The molecule has 0 spiro atoms. The number of hydrogen-bond donors (Lipinski definition) is 1. The standard InChI is InChI=1S/C17H24N2O4/c1-11-7-13(10-17(2,3)9-11)18-14-8-12(16(20)23-4)5-6-15(14)19(21)22/h5-6,8,11,13,18H,7,9-10H2,1-4H3/t11-,13+/m0/s1. The number of anilines is 1. The lowest BCUT2D eigenvalue weighted by Gasteiger charge is -2.39. The lowest BCUT2D eigenvalue weighted by atomic mass is 9.70. The van der Waals surface area contributed by atoms with E-state index in [0.717, 1.165) is 19.3 Å². The maximum atomic E-state index is 11.7. The molecule has 1 aliphatic rings. The van der Waals surface area contributed by atoms with Crippen LogP contribution in [-0.2, 0) is 4.74 Å². The summed E-state index contributed by atoms with van der Waals surface area (Å²) in [6.07, 6.45) is 3.05. The molecular weight excluding hydrogens is 296 g/mol. The Balaban J connectivity index is 2.29. The molecule has 1 aliphatic carbocycles. The lowest BCUT2D eigenvalue weighted by Crippen LogP contribution is -2.35. The van der Waals surface area contributed by atoms with Gasteiger partial charge in [0.2, 0.25) is 0 Å². The van der Waals surface area contributed by atoms with Crippen molar-refractivity contribution < 1.29 is 14.5 Å². The van der Waals surface area contributed by atoms with E-state index in [0.29, 0.717) is 17.2 Å². The molecule has 2 rings (SSSR count). The number of nitro groups is 1. The summed E-state index contributed by atoms with van der Waals surface area (Å²) in [4.78, 5) is 22.5. The van der Waals surface area contributed by atoms with Crippen molar-refractivity contribution in [2.45, 2.75) is 46.1 Å². The van der Waals surface area contributed by atoms with E-state index in [1.165, 1.54) is 25.3 Å². The van der Waals surface area contributed by atoms with Gasteiger partial charge >= 0.3 is 5.97 Å². The van der Waals surface area contributed by atoms with E-state index < -0.39 is 10.9 Å². The number of ether oxygens (including phenoxy) is 1. The molecule has 0 heterocycles. The number of nitrogens with zero attached hydrogens (tertiary/aromatic N) is 1. The van der Waals surface area contributed by atoms with Crippen molar-refractivity contribution in [2.75, 3.05) is 12.4 Å². The smallest absolute Gasteiger partial charge is 0.337 e. The number of nitro benzene ring substituents is 1. The summed E-state index contributed by atoms with van der Waals surface area (Å²) < 4.78 is 4.70. The third kappa shape index (κ3) is 4.21. The molecular formula is C17H24N2O4. The second-order valence-corrected chi connectivity index (χ2v) is 7.24. The van der Waals surface area contributed by atoms with Gasteiger partial charge in [0.25, 0.3) is 5.69 Å². The Bertz CT molecular complexity index is 613. The highest BCUT2D eigenvalue weighted by Gasteiger charge is 2.33. The quantitative estimate of drug-likeness (QED) is 0.515. The molecule has 126 valence electrons. The number of carbonyl (C=O) groups excluding carboxylic acids is 1. The van der Waals surface area contributed by atoms with E-state index in [1.54, 1.807) is 0 Å². The summed E-state index contributed by atoms with van der Waals surface area (Å²) in [5, 5.41) is 14.5. The maximum Gasteiger partial charge on any atom is 0.337 e. The first-order valence-electron chi connectivity index (χ1n) is 7.85. The second-order valence-electron chi connectivity index (χ2n) is 7.24. The molecule has 1 aromatic carbocycles. The highest BCUT2D eigenvalue weighted by Crippen LogP contribution is 2.40. The van der Waals surface area contributed by atoms with E-state index in [2.05, 4.69) is 26.1 Å². The van der Waals surface area contributed by atoms with Crippen LogP contribution in [0.1, 0.15) is 50.4 Å². The minimum absolute atomic E-state index is 0.0197. The molecule has 1 fully saturated rings. The first kappa shape index (κ1) is 17.2. The highest BCUT2D eigenvalue weighted by atomic mass is 16.6. The Hall–Kier alpha value is -2.11. The topological polar surface area (TPSA) is 81.5 Å². The summed E-state index contributed by atoms with van der Waals surface area (Å²) >= 11 is 0. The van der Waals surface area contributed by atoms with Crippen molar-refractivity contribution in [3.8, 4) is 0 Å². The second kappa shape index (κ2) is 6.56. The van der Waals surface area contributed by atoms with Gasteiger partial charge in [0.05, 0.1) is 17.6 Å². The monoisotopic (exact) mass is 320 g/mol. The fraction of sp³-hybridized carbons (Fsp3) is 0.588. The molecule has 2 atom stereocenters. The molecule has 23 heavy (non-hydrogen) atoms. The van der Waals surface area contributed by atoms with Crippen LogP contribution in [0.4, 0.5) is 11.4 Å². The summed E-state index contributed by atoms with van der Waals surface area (Å²) in [5.74, 6) is 0.0550. The number of rotatable bonds is 4. The van der Waals surface area contributed by atoms with Crippen LogP contribution in [0, 0.1) is 21.4 Å². The maximum absolute atomic E-state index is 11.7. The molecule has 6 nitrogen and oxygen atoms in total. The lowest BCUT2D eigenvalue weighted by molar-refractivity contribution is -0.384. The van der Waals surface area contributed by atoms with E-state index in [4.69, 9.17) is 4.74 Å². The zero-order valence-corrected chi connectivity index (χ0v) is 14.1. The fourth-order valence-corrected chi connectivity index (χ4v) is 3.73. The molecule has 0 radical (unpaired) electrons. The molecule has 0 aliphatic heterocycles. The predicted octanol–water partition coefficient (Wildman–Crippen LogP) is 4.01. The first-order valence-corrected chi connectivity index (χ1v) is 7.85. The molecule has 0 amide bonds. The number of carbonyl (C=O) groups is 1. The molecule has 0 aromatic heterocycles. The van der Waals surface area contributed by atoms with Gasteiger partial charge in [-0.25, -0.2) is 4.79 Å². The molecule has 0 bridgehead atoms. The zero-order valence-electron chi connectivity index (χ0n) is 14.1. The minimum Gasteiger partial charge on any atom is -0.465 e. The third-order valence-electron chi connectivity index (χ3n) is 4.36. The van der Waals surface area contributed by atoms with Gasteiger partial charge in [0.15, 0.2) is 0 Å². The van der Waals surface area contributed by atoms with E-state index in [9.17, 15) is 14.9 Å². The Morgan fingerprint density at radius 3 is 2.65 bits per heavy atom. The van der Waals surface area contributed by atoms with Crippen LogP contribution in [0.3, 0.4) is 0 Å². The predicted molar refractivity (Wildman–Crippen MR) is 88.6 cm³/mol. The van der Waals surface area contributed by atoms with Crippen molar-refractivity contribution in [3.63, 3.8) is 0 Å². The van der Waals surface area contributed by atoms with Crippen LogP contribution in [-0.4, -0.2) is 24.0 Å². The number of hydrogen-bond acceptors (Lipinski definition) is 5. The number of methoxy groups -OCH3 is 1. The van der Waals surface area contributed by atoms with Crippen LogP contribution >= 0.6 is 0 Å². The van der Waals surface area contributed by atoms with Crippen LogP contribution in [0.15, 0.2) is 18.2 Å². The summed E-state index contributed by atoms with van der Waals surface area (Å²) in [7, 11) is 1.29. The van der Waals surface area contributed by atoms with Gasteiger partial charge in [-0.15, -0.1) is 0 Å². The normalized spacial score (nSPS) is 23.1. The Kier molecular flexibility index (Phi) is 4.92. The molecule has 1 N–H and O–H groups in total. The Morgan fingerprint density at radius 1 is 1.39 bits per heavy atom. The molecule has 6 heteroatoms. The summed E-state index contributed by atoms with van der Waals surface area (Å²) in [6, 6.07) is 4.44. The minimum atomic E-state index is -0.500. The zero-order chi connectivity index (χ0) is 17.2. The number of esters is 1. The van der Waals surface area contributed by atoms with Gasteiger partial charge < -0.3 is 10.1 Å². The van der Waals surface area contributed by atoms with Crippen molar-refractivity contribution in [1.82, 2.24) is 0 Å². The molecule has 0 saturated heterocycles. The van der Waals surface area contributed by atoms with Gasteiger partial charge in [-0.05, 0) is 42.7 Å². The van der Waals surface area contributed by atoms with Gasteiger partial charge in [0.1, 0.15) is 5.69 Å². The van der Waals surface area contributed by atoms with E-state index in [1.807, 2.05) is 0 Å². The van der Waals surface area contributed by atoms with Crippen LogP contribution in [0.25, 0.3) is 0 Å². The summed E-state index contributed by atoms with van der Waals surface area (Å²) in [6.45, 7) is 6.64. The van der Waals surface area contributed by atoms with Gasteiger partial charge in [-0.1, -0.05) is 20.8 Å². The SMILES string of the molecule is COC(=O)c1ccc([N+](=O)[O-])c(N[C@@H]2C[C@H](C)CC(C)(C)C2)c1. The molecule has 0 unspecified atom stereocenters. The van der Waals surface area contributed by atoms with Gasteiger partial charge in [-0.3, -0.25) is 10.1 Å². The number of nitrogens with one attached hydrogen (secondary N) is 1. The van der Waals surface area contributed by atoms with Gasteiger partial charge in [-0.2, -0.15) is 0 Å². The Morgan fingerprint density at radius 2 is 2.09 bits per heavy atom. The van der Waals surface area contributed by atoms with E-state index in [-0.39, 0.29) is 17.1 Å². The summed E-state index contributed by atoms with van der Waals surface area (Å²) in [5.41, 5.74) is 0.870. The first-order chi connectivity index (χ1) is 10.7. The molecule has 1 saturated carbocycles. The van der Waals surface area contributed by atoms with Crippen LogP contribution in [0.5, 0.6) is 0 Å². The average molecular weight is 320 g/mol. The highest BCUT2D eigenvalue weighted by molar-refractivity contribution is 5.91. The van der Waals surface area contributed by atoms with Crippen LogP contribution in [0.2, 0.25) is 0 Å². The fourth-order valence-electron chi connectivity index (χ4n) is 3.73. The van der Waals surface area contributed by atoms with Gasteiger partial charge in [0, 0.05) is 12.1 Å². The van der Waals surface area contributed by atoms with Crippen molar-refractivity contribution in [3.05, 3.63) is 33.9 Å². The molecule has 1 aromatic rings. The van der Waals surface area contributed by atoms with Crippen molar-refractivity contribution in [2.24, 2.45) is 11.3 Å². The van der Waals surface area contributed by atoms with Crippen molar-refractivity contribution >= 4 is 17.3 Å². The third-order valence-corrected chi connectivity index (χ3v) is 4.36. The van der Waals surface area contributed by atoms with E-state index >= 15 is 0 Å². The van der Waals surface area contributed by atoms with Crippen LogP contribution < -0.4 is 5.32 Å². The van der Waals surface area contributed by atoms with Crippen molar-refractivity contribution in [1.29, 1.82) is 0 Å². The number of benzene rings is 1. The largest absolute Gasteiger partial charge is 0.465 e. The average Bonchev–Trinajstić information content (AvgIpc) is 2.43.